The van der Waals surface area contributed by atoms with Crippen molar-refractivity contribution in [1.29, 1.82) is 0 Å². The molecule has 4 rings (SSSR count). The molecule has 10 heteroatoms. The number of carbonyl (C=O) groups excluding carboxylic acids is 1. The van der Waals surface area contributed by atoms with Gasteiger partial charge in [0.15, 0.2) is 0 Å². The molecule has 0 radical (unpaired) electrons. The average molecular weight is 463 g/mol. The van der Waals surface area contributed by atoms with E-state index in [1.54, 1.807) is 11.3 Å². The molecule has 3 heterocycles. The van der Waals surface area contributed by atoms with Crippen molar-refractivity contribution in [2.24, 2.45) is 23.7 Å². The van der Waals surface area contributed by atoms with Crippen LogP contribution in [0.3, 0.4) is 0 Å². The quantitative estimate of drug-likeness (QED) is 0.678. The van der Waals surface area contributed by atoms with Crippen LogP contribution < -0.4 is 5.32 Å². The summed E-state index contributed by atoms with van der Waals surface area (Å²) in [5.41, 5.74) is 0. The minimum absolute atomic E-state index is 0.176. The fourth-order valence-corrected chi connectivity index (χ4v) is 5.15. The normalized spacial score (nSPS) is 26.4. The number of halogens is 3. The fourth-order valence-electron chi connectivity index (χ4n) is 4.50. The Labute approximate surface area is 183 Å². The number of alkyl halides is 3. The topological polar surface area (TPSA) is 78.9 Å². The van der Waals surface area contributed by atoms with Gasteiger partial charge in [-0.05, 0) is 48.0 Å². The lowest BCUT2D eigenvalue weighted by Gasteiger charge is -2.32. The van der Waals surface area contributed by atoms with E-state index in [9.17, 15) is 18.0 Å². The van der Waals surface area contributed by atoms with E-state index >= 15 is 0 Å². The maximum absolute atomic E-state index is 12.3. The highest BCUT2D eigenvalue weighted by molar-refractivity contribution is 7.09. The maximum Gasteiger partial charge on any atom is 0.490 e. The number of carboxylic acids is 1. The van der Waals surface area contributed by atoms with Crippen LogP contribution in [0.2, 0.25) is 0 Å². The molecule has 2 aliphatic heterocycles. The second kappa shape index (κ2) is 10.8. The largest absolute Gasteiger partial charge is 0.490 e. The second-order valence-corrected chi connectivity index (χ2v) is 9.63. The Kier molecular flexibility index (Phi) is 8.35. The van der Waals surface area contributed by atoms with E-state index in [1.165, 1.54) is 43.8 Å². The summed E-state index contributed by atoms with van der Waals surface area (Å²) in [5.74, 6) is 0.0138. The van der Waals surface area contributed by atoms with Gasteiger partial charge in [-0.3, -0.25) is 4.79 Å². The van der Waals surface area contributed by atoms with Gasteiger partial charge in [-0.15, -0.1) is 11.3 Å². The number of nitrogens with one attached hydrogen (secondary N) is 1. The molecule has 3 aliphatic rings. The van der Waals surface area contributed by atoms with Gasteiger partial charge in [-0.25, -0.2) is 4.79 Å². The highest BCUT2D eigenvalue weighted by Gasteiger charge is 2.42. The van der Waals surface area contributed by atoms with Crippen molar-refractivity contribution in [1.82, 2.24) is 10.2 Å². The second-order valence-electron chi connectivity index (χ2n) is 8.60. The van der Waals surface area contributed by atoms with Crippen LogP contribution in [0.25, 0.3) is 0 Å². The number of amides is 1. The molecule has 3 fully saturated rings. The molecule has 0 spiro atoms. The van der Waals surface area contributed by atoms with Gasteiger partial charge < -0.3 is 20.1 Å². The number of fused-ring (bicyclic) bond motifs is 1. The first-order valence-electron chi connectivity index (χ1n) is 10.6. The lowest BCUT2D eigenvalue weighted by atomic mass is 9.81. The summed E-state index contributed by atoms with van der Waals surface area (Å²) in [7, 11) is 0. The summed E-state index contributed by atoms with van der Waals surface area (Å²) in [5, 5.41) is 12.3. The Morgan fingerprint density at radius 1 is 1.26 bits per heavy atom. The lowest BCUT2D eigenvalue weighted by molar-refractivity contribution is -0.192. The monoisotopic (exact) mass is 462 g/mol. The van der Waals surface area contributed by atoms with E-state index in [2.05, 4.69) is 21.7 Å². The molecule has 31 heavy (non-hydrogen) atoms. The number of nitrogens with zero attached hydrogens (tertiary/aromatic N) is 1. The number of likely N-dealkylation sites (tertiary alicyclic amines) is 1. The lowest BCUT2D eigenvalue weighted by Crippen LogP contribution is -2.38. The molecule has 2 N–H and O–H groups in total. The Bertz CT molecular complexity index is 725. The van der Waals surface area contributed by atoms with Crippen LogP contribution in [0.1, 0.15) is 30.6 Å². The summed E-state index contributed by atoms with van der Waals surface area (Å²) in [6.45, 7) is 5.92. The van der Waals surface area contributed by atoms with Gasteiger partial charge in [-0.2, -0.15) is 13.2 Å². The van der Waals surface area contributed by atoms with Gasteiger partial charge in [0.25, 0.3) is 0 Å². The third kappa shape index (κ3) is 7.18. The minimum atomic E-state index is -5.08. The minimum Gasteiger partial charge on any atom is -0.475 e. The zero-order valence-corrected chi connectivity index (χ0v) is 18.1. The van der Waals surface area contributed by atoms with Crippen LogP contribution in [0.4, 0.5) is 13.2 Å². The Morgan fingerprint density at radius 2 is 2.00 bits per heavy atom. The molecule has 6 nitrogen and oxygen atoms in total. The number of hydrogen-bond donors (Lipinski definition) is 2. The van der Waals surface area contributed by atoms with Crippen molar-refractivity contribution in [3.05, 3.63) is 22.4 Å². The number of hydrogen-bond acceptors (Lipinski definition) is 5. The third-order valence-electron chi connectivity index (χ3n) is 6.31. The number of ether oxygens (including phenoxy) is 1. The predicted octanol–water partition coefficient (Wildman–Crippen LogP) is 3.38. The molecular formula is C21H29F3N2O4S. The SMILES string of the molecule is O=C(C[C@@H]1COC[C@H]2CN(CC3CCC3)C[C@@H]12)NCc1cccs1.O=C(O)C(F)(F)F. The number of aliphatic carboxylic acids is 1. The summed E-state index contributed by atoms with van der Waals surface area (Å²) >= 11 is 1.69. The van der Waals surface area contributed by atoms with Gasteiger partial charge in [0.2, 0.25) is 5.91 Å². The molecular weight excluding hydrogens is 433 g/mol. The molecule has 0 bridgehead atoms. The standard InChI is InChI=1S/C19H28N2O2S.C2HF3O2/c22-19(20-8-17-5-2-6-24-17)7-15-12-23-13-16-10-21(11-18(15)16)9-14-3-1-4-14;3-2(4,5)1(6)7/h2,5-6,14-16,18H,1,3-4,7-13H2,(H,20,22);(H,6,7)/t15-,16-,18+;/m1./s1. The van der Waals surface area contributed by atoms with Crippen LogP contribution in [0, 0.1) is 23.7 Å². The Balaban J connectivity index is 0.000000339. The molecule has 2 saturated heterocycles. The van der Waals surface area contributed by atoms with Crippen molar-refractivity contribution in [3.63, 3.8) is 0 Å². The molecule has 0 aromatic carbocycles. The summed E-state index contributed by atoms with van der Waals surface area (Å²) in [6.07, 6.45) is -0.223. The van der Waals surface area contributed by atoms with Crippen molar-refractivity contribution in [2.75, 3.05) is 32.8 Å². The van der Waals surface area contributed by atoms with E-state index in [0.29, 0.717) is 30.7 Å². The maximum atomic E-state index is 12.3. The van der Waals surface area contributed by atoms with E-state index in [0.717, 1.165) is 19.1 Å². The first-order valence-corrected chi connectivity index (χ1v) is 11.5. The zero-order valence-electron chi connectivity index (χ0n) is 17.3. The van der Waals surface area contributed by atoms with E-state index < -0.39 is 12.1 Å². The van der Waals surface area contributed by atoms with Gasteiger partial charge in [0, 0.05) is 30.9 Å². The average Bonchev–Trinajstić information content (AvgIpc) is 3.33. The Hall–Kier alpha value is -1.65. The van der Waals surface area contributed by atoms with Gasteiger partial charge >= 0.3 is 12.1 Å². The Morgan fingerprint density at radius 3 is 2.58 bits per heavy atom. The van der Waals surface area contributed by atoms with Gasteiger partial charge in [-0.1, -0.05) is 12.5 Å². The van der Waals surface area contributed by atoms with Gasteiger partial charge in [0.05, 0.1) is 19.8 Å². The number of carboxylic acid groups (broad SMARTS) is 1. The smallest absolute Gasteiger partial charge is 0.475 e. The molecule has 174 valence electrons. The predicted molar refractivity (Wildman–Crippen MR) is 110 cm³/mol. The highest BCUT2D eigenvalue weighted by atomic mass is 32.1. The third-order valence-corrected chi connectivity index (χ3v) is 7.18. The highest BCUT2D eigenvalue weighted by Crippen LogP contribution is 2.37. The zero-order chi connectivity index (χ0) is 22.4. The first kappa shape index (κ1) is 24.0. The molecule has 1 amide bonds. The van der Waals surface area contributed by atoms with Gasteiger partial charge in [0.1, 0.15) is 0 Å². The molecule has 1 aromatic heterocycles. The molecule has 3 atom stereocenters. The van der Waals surface area contributed by atoms with Crippen molar-refractivity contribution in [2.45, 2.75) is 38.4 Å². The molecule has 1 aromatic rings. The molecule has 1 aliphatic carbocycles. The molecule has 0 unspecified atom stereocenters. The van der Waals surface area contributed by atoms with Crippen molar-refractivity contribution < 1.29 is 32.6 Å². The summed E-state index contributed by atoms with van der Waals surface area (Å²) in [4.78, 5) is 25.1. The van der Waals surface area contributed by atoms with Crippen LogP contribution >= 0.6 is 11.3 Å². The summed E-state index contributed by atoms with van der Waals surface area (Å²) in [6, 6.07) is 4.10. The van der Waals surface area contributed by atoms with E-state index in [1.807, 2.05) is 6.07 Å². The van der Waals surface area contributed by atoms with Crippen molar-refractivity contribution >= 4 is 23.2 Å². The number of carbonyl (C=O) groups is 2. The van der Waals surface area contributed by atoms with E-state index in [4.69, 9.17) is 14.6 Å². The fraction of sp³-hybridized carbons (Fsp3) is 0.714. The number of thiophene rings is 1. The van der Waals surface area contributed by atoms with Crippen molar-refractivity contribution in [3.8, 4) is 0 Å². The first-order chi connectivity index (χ1) is 14.7. The summed E-state index contributed by atoms with van der Waals surface area (Å²) < 4.78 is 37.6. The molecule has 1 saturated carbocycles. The number of rotatable bonds is 6. The van der Waals surface area contributed by atoms with Crippen LogP contribution in [-0.2, 0) is 20.9 Å². The van der Waals surface area contributed by atoms with Crippen LogP contribution in [0.15, 0.2) is 17.5 Å². The van der Waals surface area contributed by atoms with Crippen LogP contribution in [0.5, 0.6) is 0 Å². The van der Waals surface area contributed by atoms with E-state index in [-0.39, 0.29) is 5.91 Å². The van der Waals surface area contributed by atoms with Crippen LogP contribution in [-0.4, -0.2) is 60.9 Å².